The van der Waals surface area contributed by atoms with Gasteiger partial charge < -0.3 is 9.84 Å². The molecule has 5 nitrogen and oxygen atoms in total. The number of ether oxygens (including phenoxy) is 1. The molecular weight excluding hydrogens is 316 g/mol. The summed E-state index contributed by atoms with van der Waals surface area (Å²) in [5.41, 5.74) is -1.74. The molecule has 0 aliphatic carbocycles. The molecule has 8 heteroatoms. The van der Waals surface area contributed by atoms with E-state index in [2.05, 4.69) is 0 Å². The fraction of sp³-hybridized carbons (Fsp3) is 0.571. The molecule has 124 valence electrons. The van der Waals surface area contributed by atoms with Crippen molar-refractivity contribution in [2.45, 2.75) is 25.5 Å². The second-order valence-electron chi connectivity index (χ2n) is 5.54. The lowest BCUT2D eigenvalue weighted by molar-refractivity contribution is -0.186. The number of hydrogen-bond acceptors (Lipinski definition) is 4. The molecule has 22 heavy (non-hydrogen) atoms. The topological polar surface area (TPSA) is 66.8 Å². The fourth-order valence-electron chi connectivity index (χ4n) is 2.32. The van der Waals surface area contributed by atoms with Crippen LogP contribution in [0.4, 0.5) is 8.78 Å². The van der Waals surface area contributed by atoms with Crippen molar-refractivity contribution in [1.29, 1.82) is 0 Å². The van der Waals surface area contributed by atoms with E-state index in [-0.39, 0.29) is 37.4 Å². The molecule has 1 fully saturated rings. The van der Waals surface area contributed by atoms with E-state index in [1.165, 1.54) is 0 Å². The van der Waals surface area contributed by atoms with Crippen molar-refractivity contribution in [3.63, 3.8) is 0 Å². The lowest BCUT2D eigenvalue weighted by atomic mass is 9.90. The van der Waals surface area contributed by atoms with Gasteiger partial charge in [-0.15, -0.1) is 0 Å². The van der Waals surface area contributed by atoms with Gasteiger partial charge in [-0.1, -0.05) is 6.92 Å². The Morgan fingerprint density at radius 2 is 1.95 bits per heavy atom. The van der Waals surface area contributed by atoms with E-state index in [4.69, 9.17) is 4.74 Å². The molecule has 0 bridgehead atoms. The Labute approximate surface area is 128 Å². The van der Waals surface area contributed by atoms with Crippen LogP contribution in [0.2, 0.25) is 0 Å². The van der Waals surface area contributed by atoms with Crippen LogP contribution in [0.15, 0.2) is 12.1 Å². The first-order chi connectivity index (χ1) is 10.2. The number of nitrogens with zero attached hydrogens (tertiary/aromatic N) is 1. The minimum absolute atomic E-state index is 0.0658. The molecule has 0 saturated carbocycles. The summed E-state index contributed by atoms with van der Waals surface area (Å²) < 4.78 is 57.5. The molecule has 1 aromatic carbocycles. The van der Waals surface area contributed by atoms with Crippen LogP contribution in [-0.2, 0) is 26.9 Å². The minimum Gasteiger partial charge on any atom is -0.380 e. The minimum atomic E-state index is -3.51. The summed E-state index contributed by atoms with van der Waals surface area (Å²) in [6.45, 7) is 1.59. The van der Waals surface area contributed by atoms with Gasteiger partial charge in [-0.2, -0.15) is 4.31 Å². The number of sulfonamides is 1. The van der Waals surface area contributed by atoms with Crippen LogP contribution < -0.4 is 0 Å². The molecule has 0 radical (unpaired) electrons. The molecule has 0 atom stereocenters. The Bertz CT molecular complexity index is 659. The second-order valence-corrected chi connectivity index (χ2v) is 7.53. The third kappa shape index (κ3) is 3.45. The highest BCUT2D eigenvalue weighted by molar-refractivity contribution is 7.88. The smallest absolute Gasteiger partial charge is 0.211 e. The molecule has 1 saturated heterocycles. The lowest BCUT2D eigenvalue weighted by Crippen LogP contribution is -2.47. The molecule has 0 amide bonds. The van der Waals surface area contributed by atoms with Crippen molar-refractivity contribution >= 4 is 10.0 Å². The average molecular weight is 335 g/mol. The predicted octanol–water partition coefficient (Wildman–Crippen LogP) is 1.35. The third-order valence-electron chi connectivity index (χ3n) is 3.61. The van der Waals surface area contributed by atoms with Crippen molar-refractivity contribution in [2.24, 2.45) is 0 Å². The summed E-state index contributed by atoms with van der Waals surface area (Å²) in [5, 5.41) is 10.0. The zero-order valence-corrected chi connectivity index (χ0v) is 13.3. The van der Waals surface area contributed by atoms with Crippen molar-refractivity contribution in [3.8, 4) is 0 Å². The van der Waals surface area contributed by atoms with Gasteiger partial charge in [0.1, 0.15) is 17.2 Å². The van der Waals surface area contributed by atoms with Crippen LogP contribution in [-0.4, -0.2) is 43.8 Å². The molecule has 0 spiro atoms. The Morgan fingerprint density at radius 1 is 1.32 bits per heavy atom. The van der Waals surface area contributed by atoms with Crippen molar-refractivity contribution in [1.82, 2.24) is 4.31 Å². The first-order valence-corrected chi connectivity index (χ1v) is 8.76. The number of hydrogen-bond donors (Lipinski definition) is 1. The highest BCUT2D eigenvalue weighted by Crippen LogP contribution is 2.32. The van der Waals surface area contributed by atoms with Crippen molar-refractivity contribution in [3.05, 3.63) is 34.9 Å². The van der Waals surface area contributed by atoms with Gasteiger partial charge in [0.05, 0.1) is 19.5 Å². The van der Waals surface area contributed by atoms with Crippen molar-refractivity contribution < 1.29 is 27.0 Å². The van der Waals surface area contributed by atoms with Gasteiger partial charge in [0.2, 0.25) is 10.0 Å². The lowest BCUT2D eigenvalue weighted by Gasteiger charge is -2.37. The summed E-state index contributed by atoms with van der Waals surface area (Å²) in [5.74, 6) is -1.52. The Morgan fingerprint density at radius 3 is 2.41 bits per heavy atom. The number of rotatable bonds is 6. The van der Waals surface area contributed by atoms with E-state index in [9.17, 15) is 22.3 Å². The van der Waals surface area contributed by atoms with E-state index >= 15 is 0 Å². The number of aliphatic hydroxyl groups is 1. The van der Waals surface area contributed by atoms with E-state index in [0.29, 0.717) is 6.42 Å². The zero-order chi connectivity index (χ0) is 16.5. The first kappa shape index (κ1) is 17.3. The summed E-state index contributed by atoms with van der Waals surface area (Å²) in [6.07, 6.45) is 1.59. The van der Waals surface area contributed by atoms with Gasteiger partial charge >= 0.3 is 0 Å². The second kappa shape index (κ2) is 6.19. The Hall–Kier alpha value is -1.09. The Balaban J connectivity index is 2.31. The highest BCUT2D eigenvalue weighted by atomic mass is 32.2. The van der Waals surface area contributed by atoms with Crippen LogP contribution in [0, 0.1) is 11.6 Å². The van der Waals surface area contributed by atoms with Crippen LogP contribution >= 0.6 is 0 Å². The van der Waals surface area contributed by atoms with Gasteiger partial charge in [-0.05, 0) is 18.6 Å². The summed E-state index contributed by atoms with van der Waals surface area (Å²) >= 11 is 0. The first-order valence-electron chi connectivity index (χ1n) is 6.91. The highest BCUT2D eigenvalue weighted by Gasteiger charge is 2.40. The van der Waals surface area contributed by atoms with E-state index < -0.39 is 27.3 Å². The molecule has 1 aliphatic rings. The van der Waals surface area contributed by atoms with Crippen LogP contribution in [0.3, 0.4) is 0 Å². The van der Waals surface area contributed by atoms with Crippen molar-refractivity contribution in [2.75, 3.05) is 26.0 Å². The largest absolute Gasteiger partial charge is 0.380 e. The van der Waals surface area contributed by atoms with Gasteiger partial charge in [0.15, 0.2) is 0 Å². The predicted molar refractivity (Wildman–Crippen MR) is 76.6 cm³/mol. The van der Waals surface area contributed by atoms with E-state index in [1.807, 2.05) is 0 Å². The SMILES string of the molecule is CCCN(Cc1cc(F)c(C2(O)COC2)cc1F)S(C)(=O)=O. The molecule has 1 heterocycles. The van der Waals surface area contributed by atoms with E-state index in [0.717, 1.165) is 22.7 Å². The number of benzene rings is 1. The normalized spacial score (nSPS) is 17.5. The van der Waals surface area contributed by atoms with Gasteiger partial charge in [0, 0.05) is 24.2 Å². The Kier molecular flexibility index (Phi) is 4.86. The quantitative estimate of drug-likeness (QED) is 0.852. The number of halogens is 2. The molecule has 2 rings (SSSR count). The molecule has 1 aliphatic heterocycles. The van der Waals surface area contributed by atoms with Crippen LogP contribution in [0.1, 0.15) is 24.5 Å². The molecule has 0 unspecified atom stereocenters. The third-order valence-corrected chi connectivity index (χ3v) is 4.86. The zero-order valence-electron chi connectivity index (χ0n) is 12.5. The maximum atomic E-state index is 14.2. The van der Waals surface area contributed by atoms with Crippen LogP contribution in [0.5, 0.6) is 0 Å². The molecule has 0 aromatic heterocycles. The van der Waals surface area contributed by atoms with Gasteiger partial charge in [-0.3, -0.25) is 0 Å². The summed E-state index contributed by atoms with van der Waals surface area (Å²) in [4.78, 5) is 0. The average Bonchev–Trinajstić information content (AvgIpc) is 2.38. The monoisotopic (exact) mass is 335 g/mol. The molecular formula is C14H19F2NO4S. The van der Waals surface area contributed by atoms with E-state index in [1.54, 1.807) is 6.92 Å². The van der Waals surface area contributed by atoms with Crippen LogP contribution in [0.25, 0.3) is 0 Å². The molecule has 1 N–H and O–H groups in total. The van der Waals surface area contributed by atoms with Gasteiger partial charge in [-0.25, -0.2) is 17.2 Å². The molecule has 1 aromatic rings. The maximum Gasteiger partial charge on any atom is 0.211 e. The fourth-order valence-corrected chi connectivity index (χ4v) is 3.21. The van der Waals surface area contributed by atoms with Gasteiger partial charge in [0.25, 0.3) is 0 Å². The maximum absolute atomic E-state index is 14.2. The summed E-state index contributed by atoms with van der Waals surface area (Å²) in [7, 11) is -3.51. The standard InChI is InChI=1S/C14H19F2NO4S/c1-3-4-17(22(2,19)20)7-10-5-13(16)11(6-12(10)15)14(18)8-21-9-14/h5-6,18H,3-4,7-9H2,1-2H3. The summed E-state index contributed by atoms with van der Waals surface area (Å²) in [6, 6.07) is 1.86.